The number of carbonyl (C=O) groups excluding carboxylic acids is 2. The Morgan fingerprint density at radius 3 is 2.00 bits per heavy atom. The third kappa shape index (κ3) is 4.43. The zero-order valence-corrected chi connectivity index (χ0v) is 12.8. The van der Waals surface area contributed by atoms with Gasteiger partial charge in [0.2, 0.25) is 0 Å². The number of alkyl halides is 6. The Hall–Kier alpha value is -2.26. The molecule has 1 aliphatic rings. The number of carbonyl (C=O) groups is 2. The summed E-state index contributed by atoms with van der Waals surface area (Å²) in [6, 6.07) is 4.21. The van der Waals surface area contributed by atoms with Crippen LogP contribution < -0.4 is 0 Å². The molecule has 10 heteroatoms. The van der Waals surface area contributed by atoms with E-state index in [2.05, 4.69) is 0 Å². The molecular weight excluding hydrogens is 354 g/mol. The van der Waals surface area contributed by atoms with Crippen LogP contribution in [-0.2, 0) is 11.0 Å². The molecule has 1 heterocycles. The van der Waals surface area contributed by atoms with Crippen LogP contribution in [0.15, 0.2) is 24.3 Å². The van der Waals surface area contributed by atoms with Crippen LogP contribution in [-0.4, -0.2) is 54.0 Å². The highest BCUT2D eigenvalue weighted by molar-refractivity contribution is 5.96. The van der Waals surface area contributed by atoms with Crippen LogP contribution in [0.1, 0.15) is 22.3 Å². The van der Waals surface area contributed by atoms with Gasteiger partial charge in [-0.15, -0.1) is 0 Å². The Balaban J connectivity index is 2.16. The lowest BCUT2D eigenvalue weighted by Gasteiger charge is -2.24. The van der Waals surface area contributed by atoms with Crippen LogP contribution in [0.5, 0.6) is 0 Å². The minimum atomic E-state index is -5.03. The van der Waals surface area contributed by atoms with Gasteiger partial charge < -0.3 is 9.80 Å². The third-order valence-corrected chi connectivity index (χ3v) is 3.78. The van der Waals surface area contributed by atoms with E-state index in [9.17, 15) is 35.9 Å². The normalized spacial score (nSPS) is 16.6. The highest BCUT2D eigenvalue weighted by atomic mass is 19.4. The van der Waals surface area contributed by atoms with Crippen molar-refractivity contribution in [3.63, 3.8) is 0 Å². The minimum Gasteiger partial charge on any atom is -0.337 e. The first-order valence-electron chi connectivity index (χ1n) is 7.33. The summed E-state index contributed by atoms with van der Waals surface area (Å²) in [6.07, 6.45) is -9.71. The molecule has 0 saturated carbocycles. The molecule has 0 aromatic heterocycles. The average molecular weight is 368 g/mol. The molecule has 1 saturated heterocycles. The second-order valence-electron chi connectivity index (χ2n) is 5.48. The van der Waals surface area contributed by atoms with E-state index in [-0.39, 0.29) is 26.1 Å². The van der Waals surface area contributed by atoms with E-state index in [1.165, 1.54) is 6.07 Å². The van der Waals surface area contributed by atoms with Crippen LogP contribution in [0.4, 0.5) is 26.3 Å². The molecule has 138 valence electrons. The number of halogens is 6. The predicted molar refractivity (Wildman–Crippen MR) is 74.6 cm³/mol. The summed E-state index contributed by atoms with van der Waals surface area (Å²) in [7, 11) is 0. The van der Waals surface area contributed by atoms with Crippen molar-refractivity contribution in [2.75, 3.05) is 26.2 Å². The van der Waals surface area contributed by atoms with Crippen LogP contribution in [0, 0.1) is 0 Å². The molecule has 0 atom stereocenters. The first kappa shape index (κ1) is 19.1. The molecule has 0 N–H and O–H groups in total. The number of benzene rings is 1. The second-order valence-corrected chi connectivity index (χ2v) is 5.48. The minimum absolute atomic E-state index is 0.0351. The highest BCUT2D eigenvalue weighted by Gasteiger charge is 2.43. The van der Waals surface area contributed by atoms with Crippen LogP contribution in [0.25, 0.3) is 0 Å². The Kier molecular flexibility index (Phi) is 5.28. The van der Waals surface area contributed by atoms with Crippen molar-refractivity contribution in [2.24, 2.45) is 0 Å². The number of rotatable bonds is 1. The fraction of sp³-hybridized carbons (Fsp3) is 0.467. The molecule has 0 aliphatic carbocycles. The van der Waals surface area contributed by atoms with Gasteiger partial charge in [-0.05, 0) is 18.6 Å². The number of nitrogens with zero attached hydrogens (tertiary/aromatic N) is 2. The first-order chi connectivity index (χ1) is 11.5. The van der Waals surface area contributed by atoms with Gasteiger partial charge >= 0.3 is 18.3 Å². The second kappa shape index (κ2) is 6.93. The van der Waals surface area contributed by atoms with Gasteiger partial charge in [-0.1, -0.05) is 12.1 Å². The molecule has 0 radical (unpaired) electrons. The van der Waals surface area contributed by atoms with E-state index in [4.69, 9.17) is 0 Å². The number of hydrogen-bond acceptors (Lipinski definition) is 2. The van der Waals surface area contributed by atoms with Crippen molar-refractivity contribution >= 4 is 11.8 Å². The van der Waals surface area contributed by atoms with E-state index < -0.39 is 41.8 Å². The Morgan fingerprint density at radius 1 is 0.840 bits per heavy atom. The Labute approximate surface area is 139 Å². The summed E-state index contributed by atoms with van der Waals surface area (Å²) < 4.78 is 76.4. The molecule has 1 aromatic rings. The van der Waals surface area contributed by atoms with Crippen LogP contribution >= 0.6 is 0 Å². The van der Waals surface area contributed by atoms with Crippen molar-refractivity contribution in [1.82, 2.24) is 9.80 Å². The molecule has 2 amide bonds. The monoisotopic (exact) mass is 368 g/mol. The number of hydrogen-bond donors (Lipinski definition) is 0. The van der Waals surface area contributed by atoms with Crippen molar-refractivity contribution in [2.45, 2.75) is 18.8 Å². The van der Waals surface area contributed by atoms with Crippen LogP contribution in [0.2, 0.25) is 0 Å². The fourth-order valence-corrected chi connectivity index (χ4v) is 2.59. The van der Waals surface area contributed by atoms with E-state index in [0.29, 0.717) is 4.90 Å². The van der Waals surface area contributed by atoms with E-state index in [0.717, 1.165) is 23.1 Å². The SMILES string of the molecule is O=C(c1ccccc1C(F)(F)F)N1CCCN(C(=O)C(F)(F)F)CC1. The van der Waals surface area contributed by atoms with Gasteiger partial charge in [0.1, 0.15) is 0 Å². The van der Waals surface area contributed by atoms with Gasteiger partial charge in [-0.25, -0.2) is 0 Å². The predicted octanol–water partition coefficient (Wildman–Crippen LogP) is 2.94. The molecule has 1 fully saturated rings. The van der Waals surface area contributed by atoms with E-state index in [1.807, 2.05) is 0 Å². The molecule has 0 unspecified atom stereocenters. The summed E-state index contributed by atoms with van der Waals surface area (Å²) in [5, 5.41) is 0. The molecule has 1 aliphatic heterocycles. The van der Waals surface area contributed by atoms with Gasteiger partial charge in [0.05, 0.1) is 11.1 Å². The molecule has 25 heavy (non-hydrogen) atoms. The Morgan fingerprint density at radius 2 is 1.40 bits per heavy atom. The van der Waals surface area contributed by atoms with Crippen molar-refractivity contribution < 1.29 is 35.9 Å². The quantitative estimate of drug-likeness (QED) is 0.716. The topological polar surface area (TPSA) is 40.6 Å². The lowest BCUT2D eigenvalue weighted by molar-refractivity contribution is -0.185. The molecule has 0 spiro atoms. The maximum atomic E-state index is 13.0. The standard InChI is InChI=1S/C15H14F6N2O2/c16-14(17,18)11-5-2-1-4-10(11)12(24)22-6-3-7-23(9-8-22)13(25)15(19,20)21/h1-2,4-5H,3,6-9H2. The van der Waals surface area contributed by atoms with Crippen molar-refractivity contribution in [1.29, 1.82) is 0 Å². The van der Waals surface area contributed by atoms with Gasteiger partial charge in [-0.3, -0.25) is 9.59 Å². The molecule has 4 nitrogen and oxygen atoms in total. The van der Waals surface area contributed by atoms with E-state index in [1.54, 1.807) is 0 Å². The van der Waals surface area contributed by atoms with Gasteiger partial charge in [0.25, 0.3) is 5.91 Å². The largest absolute Gasteiger partial charge is 0.471 e. The Bertz CT molecular complexity index is 656. The first-order valence-corrected chi connectivity index (χ1v) is 7.33. The highest BCUT2D eigenvalue weighted by Crippen LogP contribution is 2.32. The third-order valence-electron chi connectivity index (χ3n) is 3.78. The molecule has 1 aromatic carbocycles. The average Bonchev–Trinajstić information content (AvgIpc) is 2.77. The number of amides is 2. The summed E-state index contributed by atoms with van der Waals surface area (Å²) in [5.74, 6) is -2.94. The molecular formula is C15H14F6N2O2. The maximum Gasteiger partial charge on any atom is 0.471 e. The van der Waals surface area contributed by atoms with Crippen molar-refractivity contribution in [3.8, 4) is 0 Å². The van der Waals surface area contributed by atoms with Crippen LogP contribution in [0.3, 0.4) is 0 Å². The lowest BCUT2D eigenvalue weighted by atomic mass is 10.1. The van der Waals surface area contributed by atoms with Gasteiger partial charge in [0, 0.05) is 26.2 Å². The van der Waals surface area contributed by atoms with Gasteiger partial charge in [-0.2, -0.15) is 26.3 Å². The van der Waals surface area contributed by atoms with Crippen molar-refractivity contribution in [3.05, 3.63) is 35.4 Å². The molecule has 0 bridgehead atoms. The summed E-state index contributed by atoms with van der Waals surface area (Å²) in [5.41, 5.74) is -1.67. The summed E-state index contributed by atoms with van der Waals surface area (Å²) >= 11 is 0. The maximum absolute atomic E-state index is 13.0. The molecule has 2 rings (SSSR count). The zero-order chi connectivity index (χ0) is 18.8. The van der Waals surface area contributed by atoms with Gasteiger partial charge in [0.15, 0.2) is 0 Å². The summed E-state index contributed by atoms with van der Waals surface area (Å²) in [4.78, 5) is 25.2. The zero-order valence-electron chi connectivity index (χ0n) is 12.8. The summed E-state index contributed by atoms with van der Waals surface area (Å²) in [6.45, 7) is -0.916. The smallest absolute Gasteiger partial charge is 0.337 e. The fourth-order valence-electron chi connectivity index (χ4n) is 2.59. The van der Waals surface area contributed by atoms with E-state index >= 15 is 0 Å². The lowest BCUT2D eigenvalue weighted by Crippen LogP contribution is -2.43.